The van der Waals surface area contributed by atoms with Crippen LogP contribution in [0.25, 0.3) is 0 Å². The minimum Gasteiger partial charge on any atom is -0.373 e. The standard InChI is InChI=1S/C49H86N6.Pd/c1-11-17-19-20-21-22-23-24-25-26-27-28-29-30-31-32-33-35-45(51-43-37-39-47(53(8)14-4)49(41-43)55(10)16-6)44(34-18-12-2)50-42-36-38-46(52(7)13-3)48(40-42)54(9)15-5;/h36-41H,11-35H2,1-10H3;/b50-44+,51-45+;. The summed E-state index contributed by atoms with van der Waals surface area (Å²) < 4.78 is 0. The fraction of sp³-hybridized carbons (Fsp3) is 0.714. The third-order valence-corrected chi connectivity index (χ3v) is 11.6. The summed E-state index contributed by atoms with van der Waals surface area (Å²) in [5, 5.41) is 0. The maximum absolute atomic E-state index is 5.48. The minimum absolute atomic E-state index is 0. The number of rotatable bonds is 32. The van der Waals surface area contributed by atoms with Crippen LogP contribution in [0.5, 0.6) is 0 Å². The van der Waals surface area contributed by atoms with Gasteiger partial charge in [-0.15, -0.1) is 0 Å². The predicted molar refractivity (Wildman–Crippen MR) is 251 cm³/mol. The Balaban J connectivity index is 0.0000157. The van der Waals surface area contributed by atoms with E-state index in [9.17, 15) is 0 Å². The van der Waals surface area contributed by atoms with Gasteiger partial charge in [0.1, 0.15) is 0 Å². The molecule has 0 heterocycles. The van der Waals surface area contributed by atoms with Crippen LogP contribution in [0.3, 0.4) is 0 Å². The van der Waals surface area contributed by atoms with Crippen molar-refractivity contribution >= 4 is 45.5 Å². The quantitative estimate of drug-likeness (QED) is 0.0417. The van der Waals surface area contributed by atoms with E-state index in [0.717, 1.165) is 81.1 Å². The van der Waals surface area contributed by atoms with Crippen molar-refractivity contribution in [1.82, 2.24) is 0 Å². The van der Waals surface area contributed by atoms with Gasteiger partial charge < -0.3 is 19.6 Å². The normalized spacial score (nSPS) is 11.8. The largest absolute Gasteiger partial charge is 0.373 e. The molecule has 0 unspecified atom stereocenters. The zero-order valence-electron chi connectivity index (χ0n) is 38.1. The number of hydrogen-bond donors (Lipinski definition) is 0. The summed E-state index contributed by atoms with van der Waals surface area (Å²) in [6.07, 6.45) is 27.7. The molecule has 0 N–H and O–H groups in total. The maximum Gasteiger partial charge on any atom is 0.0655 e. The van der Waals surface area contributed by atoms with Crippen molar-refractivity contribution in [2.75, 3.05) is 74.0 Å². The Morgan fingerprint density at radius 3 is 0.982 bits per heavy atom. The minimum atomic E-state index is 0. The summed E-state index contributed by atoms with van der Waals surface area (Å²) in [5.41, 5.74) is 9.35. The summed E-state index contributed by atoms with van der Waals surface area (Å²) in [7, 11) is 8.73. The molecule has 2 aromatic rings. The third kappa shape index (κ3) is 19.4. The van der Waals surface area contributed by atoms with Gasteiger partial charge >= 0.3 is 0 Å². The van der Waals surface area contributed by atoms with Crippen molar-refractivity contribution in [1.29, 1.82) is 0 Å². The summed E-state index contributed by atoms with van der Waals surface area (Å²) in [6.45, 7) is 17.3. The Morgan fingerprint density at radius 1 is 0.375 bits per heavy atom. The van der Waals surface area contributed by atoms with Crippen LogP contribution in [0.15, 0.2) is 46.4 Å². The molecular formula is C49H86N6Pd. The van der Waals surface area contributed by atoms with Crippen molar-refractivity contribution in [3.63, 3.8) is 0 Å². The topological polar surface area (TPSA) is 37.7 Å². The third-order valence-electron chi connectivity index (χ3n) is 11.6. The second kappa shape index (κ2) is 31.6. The molecule has 0 aliphatic heterocycles. The van der Waals surface area contributed by atoms with Crippen LogP contribution in [0.4, 0.5) is 34.1 Å². The number of benzene rings is 2. The van der Waals surface area contributed by atoms with Gasteiger partial charge in [0.05, 0.1) is 45.5 Å². The van der Waals surface area contributed by atoms with Crippen molar-refractivity contribution in [2.24, 2.45) is 9.98 Å². The molecule has 0 aromatic heterocycles. The van der Waals surface area contributed by atoms with Crippen LogP contribution < -0.4 is 19.6 Å². The van der Waals surface area contributed by atoms with Gasteiger partial charge in [-0.1, -0.05) is 123 Å². The number of anilines is 4. The summed E-state index contributed by atoms with van der Waals surface area (Å²) in [5.74, 6) is 0. The van der Waals surface area contributed by atoms with Crippen LogP contribution in [0.1, 0.15) is 176 Å². The van der Waals surface area contributed by atoms with Gasteiger partial charge in [-0.05, 0) is 89.8 Å². The van der Waals surface area contributed by atoms with Gasteiger partial charge in [-0.2, -0.15) is 0 Å². The molecule has 0 aliphatic carbocycles. The average Bonchev–Trinajstić information content (AvgIpc) is 3.21. The molecule has 0 amide bonds. The summed E-state index contributed by atoms with van der Waals surface area (Å²) in [6, 6.07) is 13.5. The van der Waals surface area contributed by atoms with E-state index in [1.807, 2.05) is 0 Å². The van der Waals surface area contributed by atoms with E-state index in [2.05, 4.69) is 126 Å². The molecule has 0 fully saturated rings. The molecule has 0 aliphatic rings. The molecule has 0 saturated heterocycles. The van der Waals surface area contributed by atoms with Gasteiger partial charge in [-0.25, -0.2) is 0 Å². The van der Waals surface area contributed by atoms with Gasteiger partial charge in [-0.3, -0.25) is 9.98 Å². The van der Waals surface area contributed by atoms with Gasteiger partial charge in [0.25, 0.3) is 0 Å². The fourth-order valence-electron chi connectivity index (χ4n) is 7.30. The molecular weight excluding hydrogens is 779 g/mol. The van der Waals surface area contributed by atoms with Gasteiger partial charge in [0, 0.05) is 74.8 Å². The van der Waals surface area contributed by atoms with Crippen LogP contribution in [-0.2, 0) is 20.4 Å². The van der Waals surface area contributed by atoms with E-state index < -0.39 is 0 Å². The molecule has 322 valence electrons. The molecule has 0 radical (unpaired) electrons. The van der Waals surface area contributed by atoms with E-state index in [-0.39, 0.29) is 20.4 Å². The van der Waals surface area contributed by atoms with Crippen molar-refractivity contribution in [3.05, 3.63) is 36.4 Å². The number of nitrogens with zero attached hydrogens (tertiary/aromatic N) is 6. The first-order valence-electron chi connectivity index (χ1n) is 23.0. The molecule has 56 heavy (non-hydrogen) atoms. The van der Waals surface area contributed by atoms with Gasteiger partial charge in [0.15, 0.2) is 0 Å². The van der Waals surface area contributed by atoms with E-state index in [4.69, 9.17) is 9.98 Å². The molecule has 2 aromatic carbocycles. The Bertz CT molecular complexity index is 1360. The van der Waals surface area contributed by atoms with E-state index in [1.165, 1.54) is 125 Å². The second-order valence-corrected chi connectivity index (χ2v) is 16.0. The molecule has 6 nitrogen and oxygen atoms in total. The Morgan fingerprint density at radius 2 is 0.661 bits per heavy atom. The molecule has 2 rings (SSSR count). The predicted octanol–water partition coefficient (Wildman–Crippen LogP) is 14.6. The monoisotopic (exact) mass is 865 g/mol. The van der Waals surface area contributed by atoms with Crippen LogP contribution in [-0.4, -0.2) is 65.8 Å². The Labute approximate surface area is 361 Å². The van der Waals surface area contributed by atoms with Crippen molar-refractivity contribution in [2.45, 2.75) is 176 Å². The average molecular weight is 866 g/mol. The van der Waals surface area contributed by atoms with Crippen LogP contribution >= 0.6 is 0 Å². The first-order chi connectivity index (χ1) is 26.7. The zero-order valence-corrected chi connectivity index (χ0v) is 39.7. The van der Waals surface area contributed by atoms with E-state index in [1.54, 1.807) is 0 Å². The molecule has 7 heteroatoms. The fourth-order valence-corrected chi connectivity index (χ4v) is 7.30. The Kier molecular flexibility index (Phi) is 29.2. The summed E-state index contributed by atoms with van der Waals surface area (Å²) >= 11 is 0. The van der Waals surface area contributed by atoms with Crippen LogP contribution in [0, 0.1) is 0 Å². The number of aliphatic imine (C=N–C) groups is 2. The number of unbranched alkanes of at least 4 members (excludes halogenated alkanes) is 17. The molecule has 0 spiro atoms. The van der Waals surface area contributed by atoms with E-state index in [0.29, 0.717) is 0 Å². The van der Waals surface area contributed by atoms with E-state index >= 15 is 0 Å². The SMILES string of the molecule is CCCCCCCCCCCCCCCCCCCC(=N\c1ccc(N(C)CC)c(N(C)CC)c1)/C(CCCC)=N/c1ccc(N(C)CC)c(N(C)CC)c1.[Pd]. The Hall–Kier alpha value is -2.36. The van der Waals surface area contributed by atoms with Gasteiger partial charge in [0.2, 0.25) is 0 Å². The first-order valence-corrected chi connectivity index (χ1v) is 23.0. The summed E-state index contributed by atoms with van der Waals surface area (Å²) in [4.78, 5) is 20.2. The molecule has 0 atom stereocenters. The first kappa shape index (κ1) is 51.7. The van der Waals surface area contributed by atoms with Crippen molar-refractivity contribution < 1.29 is 20.4 Å². The molecule has 0 bridgehead atoms. The zero-order chi connectivity index (χ0) is 40.3. The second-order valence-electron chi connectivity index (χ2n) is 16.0. The smallest absolute Gasteiger partial charge is 0.0655 e. The molecule has 0 saturated carbocycles. The maximum atomic E-state index is 5.48. The number of hydrogen-bond acceptors (Lipinski definition) is 6. The van der Waals surface area contributed by atoms with Crippen molar-refractivity contribution in [3.8, 4) is 0 Å². The van der Waals surface area contributed by atoms with Crippen LogP contribution in [0.2, 0.25) is 0 Å².